The molecule has 1 fully saturated rings. The van der Waals surface area contributed by atoms with E-state index >= 15 is 0 Å². The SMILES string of the molecule is CCc1cccc(NC(=O)N2CCN(c3ccc(Nc4ccccn4)nn3)CC2)c1. The molecule has 2 aromatic heterocycles. The van der Waals surface area contributed by atoms with Gasteiger partial charge in [0.1, 0.15) is 5.82 Å². The lowest BCUT2D eigenvalue weighted by Crippen LogP contribution is -2.50. The van der Waals surface area contributed by atoms with Crippen LogP contribution in [0.5, 0.6) is 0 Å². The topological polar surface area (TPSA) is 86.3 Å². The van der Waals surface area contributed by atoms with E-state index in [1.807, 2.05) is 53.4 Å². The molecule has 154 valence electrons. The summed E-state index contributed by atoms with van der Waals surface area (Å²) in [6, 6.07) is 17.4. The highest BCUT2D eigenvalue weighted by Crippen LogP contribution is 2.17. The van der Waals surface area contributed by atoms with Crippen molar-refractivity contribution in [3.8, 4) is 0 Å². The standard InChI is InChI=1S/C22H25N7O/c1-2-17-6-5-7-18(16-17)24-22(30)29-14-12-28(13-15-29)21-10-9-20(26-27-21)25-19-8-3-4-11-23-19/h3-11,16H,2,12-15H2,1H3,(H,24,30)(H,23,25,26). The van der Waals surface area contributed by atoms with E-state index < -0.39 is 0 Å². The Morgan fingerprint density at radius 1 is 0.967 bits per heavy atom. The van der Waals surface area contributed by atoms with Gasteiger partial charge in [0.2, 0.25) is 0 Å². The normalized spacial score (nSPS) is 13.8. The Balaban J connectivity index is 1.30. The second-order valence-corrected chi connectivity index (χ2v) is 7.07. The summed E-state index contributed by atoms with van der Waals surface area (Å²) in [6.45, 7) is 4.79. The zero-order valence-corrected chi connectivity index (χ0v) is 17.0. The van der Waals surface area contributed by atoms with Crippen molar-refractivity contribution < 1.29 is 4.79 Å². The first-order valence-corrected chi connectivity index (χ1v) is 10.1. The molecule has 3 aromatic rings. The fourth-order valence-corrected chi connectivity index (χ4v) is 3.34. The van der Waals surface area contributed by atoms with Crippen LogP contribution >= 0.6 is 0 Å². The molecule has 8 nitrogen and oxygen atoms in total. The molecule has 0 aliphatic carbocycles. The molecule has 30 heavy (non-hydrogen) atoms. The van der Waals surface area contributed by atoms with Crippen LogP contribution in [0, 0.1) is 0 Å². The third-order valence-corrected chi connectivity index (χ3v) is 5.05. The molecule has 0 radical (unpaired) electrons. The van der Waals surface area contributed by atoms with Gasteiger partial charge in [0.15, 0.2) is 11.6 Å². The minimum absolute atomic E-state index is 0.0658. The van der Waals surface area contributed by atoms with E-state index in [9.17, 15) is 4.79 Å². The van der Waals surface area contributed by atoms with Gasteiger partial charge in [-0.3, -0.25) is 0 Å². The maximum Gasteiger partial charge on any atom is 0.321 e. The lowest BCUT2D eigenvalue weighted by molar-refractivity contribution is 0.208. The van der Waals surface area contributed by atoms with Gasteiger partial charge in [-0.2, -0.15) is 0 Å². The summed E-state index contributed by atoms with van der Waals surface area (Å²) in [4.78, 5) is 20.8. The fourth-order valence-electron chi connectivity index (χ4n) is 3.34. The Morgan fingerprint density at radius 2 is 1.83 bits per heavy atom. The molecule has 2 amide bonds. The Labute approximate surface area is 176 Å². The number of rotatable bonds is 5. The van der Waals surface area contributed by atoms with Gasteiger partial charge in [0.25, 0.3) is 0 Å². The van der Waals surface area contributed by atoms with Crippen molar-refractivity contribution >= 4 is 29.2 Å². The van der Waals surface area contributed by atoms with Crippen molar-refractivity contribution in [1.29, 1.82) is 0 Å². The number of nitrogens with one attached hydrogen (secondary N) is 2. The van der Waals surface area contributed by atoms with Crippen molar-refractivity contribution in [2.75, 3.05) is 41.7 Å². The van der Waals surface area contributed by atoms with Crippen LogP contribution in [-0.2, 0) is 6.42 Å². The van der Waals surface area contributed by atoms with Crippen LogP contribution in [0.15, 0.2) is 60.8 Å². The molecule has 8 heteroatoms. The molecule has 4 rings (SSSR count). The van der Waals surface area contributed by atoms with Crippen molar-refractivity contribution in [2.45, 2.75) is 13.3 Å². The Morgan fingerprint density at radius 3 is 2.53 bits per heavy atom. The number of benzene rings is 1. The minimum atomic E-state index is -0.0658. The average molecular weight is 403 g/mol. The second-order valence-electron chi connectivity index (χ2n) is 7.07. The third-order valence-electron chi connectivity index (χ3n) is 5.05. The van der Waals surface area contributed by atoms with Crippen LogP contribution in [-0.4, -0.2) is 52.3 Å². The summed E-state index contributed by atoms with van der Waals surface area (Å²) in [5.74, 6) is 2.17. The predicted octanol–water partition coefficient (Wildman–Crippen LogP) is 3.53. The number of piperazine rings is 1. The van der Waals surface area contributed by atoms with Gasteiger partial charge in [-0.05, 0) is 48.4 Å². The Bertz CT molecular complexity index is 970. The van der Waals surface area contributed by atoms with Crippen molar-refractivity contribution in [3.05, 3.63) is 66.4 Å². The van der Waals surface area contributed by atoms with E-state index in [4.69, 9.17) is 0 Å². The molecule has 0 atom stereocenters. The molecule has 0 bridgehead atoms. The highest BCUT2D eigenvalue weighted by molar-refractivity contribution is 5.89. The number of aromatic nitrogens is 3. The summed E-state index contributed by atoms with van der Waals surface area (Å²) in [5, 5.41) is 14.7. The molecule has 0 unspecified atom stereocenters. The number of carbonyl (C=O) groups is 1. The number of anilines is 4. The number of nitrogens with zero attached hydrogens (tertiary/aromatic N) is 5. The van der Waals surface area contributed by atoms with Crippen LogP contribution < -0.4 is 15.5 Å². The molecule has 2 N–H and O–H groups in total. The van der Waals surface area contributed by atoms with E-state index in [0.29, 0.717) is 32.0 Å². The quantitative estimate of drug-likeness (QED) is 0.678. The minimum Gasteiger partial charge on any atom is -0.352 e. The van der Waals surface area contributed by atoms with E-state index in [1.165, 1.54) is 5.56 Å². The number of pyridine rings is 1. The molecule has 1 saturated heterocycles. The van der Waals surface area contributed by atoms with Crippen LogP contribution in [0.1, 0.15) is 12.5 Å². The van der Waals surface area contributed by atoms with Gasteiger partial charge in [-0.1, -0.05) is 25.1 Å². The van der Waals surface area contributed by atoms with E-state index in [0.717, 1.165) is 23.7 Å². The first kappa shape index (κ1) is 19.6. The number of aryl methyl sites for hydroxylation is 1. The molecule has 0 saturated carbocycles. The third kappa shape index (κ3) is 4.83. The van der Waals surface area contributed by atoms with Crippen molar-refractivity contribution in [3.63, 3.8) is 0 Å². The largest absolute Gasteiger partial charge is 0.352 e. The smallest absolute Gasteiger partial charge is 0.321 e. The van der Waals surface area contributed by atoms with E-state index in [1.54, 1.807) is 6.20 Å². The zero-order valence-electron chi connectivity index (χ0n) is 17.0. The van der Waals surface area contributed by atoms with Gasteiger partial charge >= 0.3 is 6.03 Å². The predicted molar refractivity (Wildman–Crippen MR) is 118 cm³/mol. The Kier molecular flexibility index (Phi) is 6.03. The van der Waals surface area contributed by atoms with Gasteiger partial charge in [-0.15, -0.1) is 10.2 Å². The lowest BCUT2D eigenvalue weighted by atomic mass is 10.1. The number of carbonyl (C=O) groups excluding carboxylic acids is 1. The first-order chi connectivity index (χ1) is 14.7. The van der Waals surface area contributed by atoms with Gasteiger partial charge in [0, 0.05) is 38.1 Å². The molecule has 1 aromatic carbocycles. The molecule has 1 aliphatic rings. The second kappa shape index (κ2) is 9.21. The van der Waals surface area contributed by atoms with Crippen LogP contribution in [0.25, 0.3) is 0 Å². The highest BCUT2D eigenvalue weighted by Gasteiger charge is 2.22. The summed E-state index contributed by atoms with van der Waals surface area (Å²) >= 11 is 0. The van der Waals surface area contributed by atoms with E-state index in [2.05, 4.69) is 43.7 Å². The average Bonchev–Trinajstić information content (AvgIpc) is 2.80. The van der Waals surface area contributed by atoms with Gasteiger partial charge in [0.05, 0.1) is 0 Å². The molecule has 0 spiro atoms. The Hall–Kier alpha value is -3.68. The van der Waals surface area contributed by atoms with Crippen molar-refractivity contribution in [2.24, 2.45) is 0 Å². The maximum absolute atomic E-state index is 12.6. The first-order valence-electron chi connectivity index (χ1n) is 10.1. The fraction of sp³-hybridized carbons (Fsp3) is 0.273. The number of amides is 2. The lowest BCUT2D eigenvalue weighted by Gasteiger charge is -2.35. The van der Waals surface area contributed by atoms with Gasteiger partial charge < -0.3 is 20.4 Å². The monoisotopic (exact) mass is 403 g/mol. The number of hydrogen-bond donors (Lipinski definition) is 2. The zero-order chi connectivity index (χ0) is 20.8. The molecule has 1 aliphatic heterocycles. The summed E-state index contributed by atoms with van der Waals surface area (Å²) in [7, 11) is 0. The molecular weight excluding hydrogens is 378 g/mol. The molecule has 3 heterocycles. The van der Waals surface area contributed by atoms with Crippen molar-refractivity contribution in [1.82, 2.24) is 20.1 Å². The van der Waals surface area contributed by atoms with Crippen LogP contribution in [0.2, 0.25) is 0 Å². The summed E-state index contributed by atoms with van der Waals surface area (Å²) in [6.07, 6.45) is 2.67. The van der Waals surface area contributed by atoms with Crippen LogP contribution in [0.3, 0.4) is 0 Å². The highest BCUT2D eigenvalue weighted by atomic mass is 16.2. The summed E-state index contributed by atoms with van der Waals surface area (Å²) < 4.78 is 0. The summed E-state index contributed by atoms with van der Waals surface area (Å²) in [5.41, 5.74) is 2.04. The van der Waals surface area contributed by atoms with E-state index in [-0.39, 0.29) is 6.03 Å². The number of hydrogen-bond acceptors (Lipinski definition) is 6. The number of urea groups is 1. The van der Waals surface area contributed by atoms with Gasteiger partial charge in [-0.25, -0.2) is 9.78 Å². The maximum atomic E-state index is 12.6. The molecular formula is C22H25N7O. The van der Waals surface area contributed by atoms with Crippen LogP contribution in [0.4, 0.5) is 27.9 Å².